The number of carbonyl (C=O) groups excluding carboxylic acids is 1. The summed E-state index contributed by atoms with van der Waals surface area (Å²) in [4.78, 5) is 22.5. The smallest absolute Gasteiger partial charge is 0.359 e. The molecule has 124 valence electrons. The Morgan fingerprint density at radius 3 is 2.52 bits per heavy atom. The van der Waals surface area contributed by atoms with Crippen LogP contribution in [0.2, 0.25) is 0 Å². The van der Waals surface area contributed by atoms with E-state index in [1.807, 2.05) is 0 Å². The zero-order chi connectivity index (χ0) is 17.4. The summed E-state index contributed by atoms with van der Waals surface area (Å²) in [5.41, 5.74) is 0.339. The summed E-state index contributed by atoms with van der Waals surface area (Å²) in [5, 5.41) is 19.3. The Bertz CT molecular complexity index is 754. The minimum absolute atomic E-state index is 0.00970. The van der Waals surface area contributed by atoms with Gasteiger partial charge in [0.25, 0.3) is 0 Å². The number of esters is 1. The second-order valence-corrected chi connectivity index (χ2v) is 6.16. The molecule has 0 saturated heterocycles. The first-order valence-electron chi connectivity index (χ1n) is 7.03. The second-order valence-electron chi connectivity index (χ2n) is 6.16. The molecule has 2 rings (SSSR count). The summed E-state index contributed by atoms with van der Waals surface area (Å²) in [7, 11) is 0. The molecule has 2 heterocycles. The molecule has 9 nitrogen and oxygen atoms in total. The van der Waals surface area contributed by atoms with Crippen molar-refractivity contribution in [2.45, 2.75) is 46.9 Å². The average Bonchev–Trinajstić information content (AvgIpc) is 2.93. The Kier molecular flexibility index (Phi) is 4.22. The first-order chi connectivity index (χ1) is 10.6. The van der Waals surface area contributed by atoms with E-state index in [1.165, 1.54) is 15.4 Å². The molecule has 0 atom stereocenters. The zero-order valence-corrected chi connectivity index (χ0v) is 13.7. The van der Waals surface area contributed by atoms with Gasteiger partial charge in [-0.05, 0) is 40.7 Å². The lowest BCUT2D eigenvalue weighted by Crippen LogP contribution is -2.24. The third-order valence-corrected chi connectivity index (χ3v) is 3.05. The van der Waals surface area contributed by atoms with Crippen molar-refractivity contribution in [3.8, 4) is 0 Å². The standard InChI is InChI=1S/C14H19N5O4/c1-9-12(19(21)22)10(2)18(15-9)8-17-7-6-11(16-17)13(20)23-14(3,4)5/h6-7H,8H2,1-5H3. The first kappa shape index (κ1) is 16.7. The first-order valence-corrected chi connectivity index (χ1v) is 7.03. The number of rotatable bonds is 4. The maximum Gasteiger partial charge on any atom is 0.359 e. The molecule has 2 aromatic heterocycles. The van der Waals surface area contributed by atoms with Gasteiger partial charge in [0.2, 0.25) is 0 Å². The van der Waals surface area contributed by atoms with Gasteiger partial charge in [0.05, 0.1) is 4.92 Å². The summed E-state index contributed by atoms with van der Waals surface area (Å²) in [6, 6.07) is 1.54. The Hall–Kier alpha value is -2.71. The minimum Gasteiger partial charge on any atom is -0.455 e. The van der Waals surface area contributed by atoms with E-state index in [4.69, 9.17) is 4.74 Å². The summed E-state index contributed by atoms with van der Waals surface area (Å²) in [6.45, 7) is 8.70. The summed E-state index contributed by atoms with van der Waals surface area (Å²) in [6.07, 6.45) is 1.60. The van der Waals surface area contributed by atoms with Crippen LogP contribution in [0.5, 0.6) is 0 Å². The molecular weight excluding hydrogens is 302 g/mol. The number of hydrogen-bond acceptors (Lipinski definition) is 6. The van der Waals surface area contributed by atoms with Crippen molar-refractivity contribution < 1.29 is 14.5 Å². The van der Waals surface area contributed by atoms with E-state index in [1.54, 1.807) is 40.8 Å². The third-order valence-electron chi connectivity index (χ3n) is 3.05. The maximum atomic E-state index is 11.9. The number of nitro groups is 1. The number of ether oxygens (including phenoxy) is 1. The van der Waals surface area contributed by atoms with E-state index in [-0.39, 0.29) is 18.1 Å². The molecule has 0 aliphatic rings. The van der Waals surface area contributed by atoms with Gasteiger partial charge in [-0.2, -0.15) is 10.2 Å². The van der Waals surface area contributed by atoms with Crippen LogP contribution in [0, 0.1) is 24.0 Å². The molecule has 0 aliphatic heterocycles. The Labute approximate surface area is 133 Å². The second kappa shape index (κ2) is 5.82. The van der Waals surface area contributed by atoms with Crippen LogP contribution in [0.4, 0.5) is 5.69 Å². The van der Waals surface area contributed by atoms with Crippen LogP contribution < -0.4 is 0 Å². The van der Waals surface area contributed by atoms with E-state index >= 15 is 0 Å². The van der Waals surface area contributed by atoms with Crippen molar-refractivity contribution in [1.82, 2.24) is 19.6 Å². The van der Waals surface area contributed by atoms with Gasteiger partial charge >= 0.3 is 11.7 Å². The lowest BCUT2D eigenvalue weighted by molar-refractivity contribution is -0.386. The zero-order valence-electron chi connectivity index (χ0n) is 13.7. The quantitative estimate of drug-likeness (QED) is 0.485. The highest BCUT2D eigenvalue weighted by molar-refractivity contribution is 5.87. The van der Waals surface area contributed by atoms with Crippen LogP contribution in [0.1, 0.15) is 42.6 Å². The van der Waals surface area contributed by atoms with E-state index in [0.29, 0.717) is 11.4 Å². The van der Waals surface area contributed by atoms with Crippen molar-refractivity contribution in [3.63, 3.8) is 0 Å². The van der Waals surface area contributed by atoms with Gasteiger partial charge in [-0.3, -0.25) is 14.8 Å². The molecule has 0 N–H and O–H groups in total. The van der Waals surface area contributed by atoms with Crippen molar-refractivity contribution in [2.75, 3.05) is 0 Å². The molecular formula is C14H19N5O4. The van der Waals surface area contributed by atoms with Gasteiger partial charge in [0.1, 0.15) is 23.7 Å². The van der Waals surface area contributed by atoms with Crippen molar-refractivity contribution in [1.29, 1.82) is 0 Å². The molecule has 23 heavy (non-hydrogen) atoms. The fourth-order valence-corrected chi connectivity index (χ4v) is 2.11. The van der Waals surface area contributed by atoms with Gasteiger partial charge in [-0.15, -0.1) is 0 Å². The lowest BCUT2D eigenvalue weighted by Gasteiger charge is -2.18. The summed E-state index contributed by atoms with van der Waals surface area (Å²) < 4.78 is 8.19. The number of aryl methyl sites for hydroxylation is 1. The fourth-order valence-electron chi connectivity index (χ4n) is 2.11. The molecule has 0 unspecified atom stereocenters. The molecule has 0 radical (unpaired) electrons. The number of hydrogen-bond donors (Lipinski definition) is 0. The molecule has 9 heteroatoms. The Balaban J connectivity index is 2.19. The maximum absolute atomic E-state index is 11.9. The highest BCUT2D eigenvalue weighted by Gasteiger charge is 2.23. The molecule has 0 bridgehead atoms. The van der Waals surface area contributed by atoms with Crippen LogP contribution in [0.25, 0.3) is 0 Å². The van der Waals surface area contributed by atoms with Crippen molar-refractivity contribution in [3.05, 3.63) is 39.5 Å². The molecule has 2 aromatic rings. The van der Waals surface area contributed by atoms with Crippen LogP contribution in [-0.2, 0) is 11.4 Å². The topological polar surface area (TPSA) is 105 Å². The van der Waals surface area contributed by atoms with Crippen LogP contribution in [-0.4, -0.2) is 36.1 Å². The summed E-state index contributed by atoms with van der Waals surface area (Å²) in [5.74, 6) is -0.518. The van der Waals surface area contributed by atoms with Crippen LogP contribution in [0.15, 0.2) is 12.3 Å². The lowest BCUT2D eigenvalue weighted by atomic mass is 10.2. The fraction of sp³-hybridized carbons (Fsp3) is 0.500. The van der Waals surface area contributed by atoms with E-state index in [2.05, 4.69) is 10.2 Å². The molecule has 0 aromatic carbocycles. The summed E-state index contributed by atoms with van der Waals surface area (Å²) >= 11 is 0. The third kappa shape index (κ3) is 3.74. The largest absolute Gasteiger partial charge is 0.455 e. The van der Waals surface area contributed by atoms with Gasteiger partial charge in [0.15, 0.2) is 5.69 Å². The molecule has 0 aliphatic carbocycles. The van der Waals surface area contributed by atoms with Gasteiger partial charge in [-0.1, -0.05) is 0 Å². The van der Waals surface area contributed by atoms with E-state index < -0.39 is 16.5 Å². The highest BCUT2D eigenvalue weighted by atomic mass is 16.6. The van der Waals surface area contributed by atoms with E-state index in [0.717, 1.165) is 0 Å². The number of nitrogens with zero attached hydrogens (tertiary/aromatic N) is 5. The van der Waals surface area contributed by atoms with Crippen LogP contribution >= 0.6 is 0 Å². The highest BCUT2D eigenvalue weighted by Crippen LogP contribution is 2.21. The van der Waals surface area contributed by atoms with Crippen molar-refractivity contribution in [2.24, 2.45) is 0 Å². The average molecular weight is 321 g/mol. The van der Waals surface area contributed by atoms with Gasteiger partial charge in [0, 0.05) is 6.20 Å². The normalized spacial score (nSPS) is 11.5. The van der Waals surface area contributed by atoms with Crippen LogP contribution in [0.3, 0.4) is 0 Å². The molecule has 0 saturated carbocycles. The molecule has 0 fully saturated rings. The number of aromatic nitrogens is 4. The Morgan fingerprint density at radius 1 is 1.35 bits per heavy atom. The Morgan fingerprint density at radius 2 is 2.00 bits per heavy atom. The van der Waals surface area contributed by atoms with Crippen molar-refractivity contribution >= 4 is 11.7 Å². The predicted molar refractivity (Wildman–Crippen MR) is 81.1 cm³/mol. The van der Waals surface area contributed by atoms with Gasteiger partial charge in [-0.25, -0.2) is 9.48 Å². The SMILES string of the molecule is Cc1nn(Cn2ccc(C(=O)OC(C)(C)C)n2)c(C)c1[N+](=O)[O-]. The molecule has 0 amide bonds. The minimum atomic E-state index is -0.600. The van der Waals surface area contributed by atoms with E-state index in [9.17, 15) is 14.9 Å². The number of carbonyl (C=O) groups is 1. The van der Waals surface area contributed by atoms with Gasteiger partial charge < -0.3 is 4.74 Å². The molecule has 0 spiro atoms. The predicted octanol–water partition coefficient (Wildman–Crippen LogP) is 2.07. The monoisotopic (exact) mass is 321 g/mol.